The second kappa shape index (κ2) is 6.76. The summed E-state index contributed by atoms with van der Waals surface area (Å²) in [5, 5.41) is 3.28. The first-order chi connectivity index (χ1) is 11.7. The molecule has 0 bridgehead atoms. The molecule has 0 unspecified atom stereocenters. The van der Waals surface area contributed by atoms with Gasteiger partial charge in [0.05, 0.1) is 6.04 Å². The van der Waals surface area contributed by atoms with Crippen molar-refractivity contribution in [3.05, 3.63) is 29.8 Å². The fraction of sp³-hybridized carbons (Fsp3) is 0.556. The molecule has 2 fully saturated rings. The van der Waals surface area contributed by atoms with Crippen LogP contribution in [0.1, 0.15) is 30.7 Å². The summed E-state index contributed by atoms with van der Waals surface area (Å²) in [6.07, 6.45) is 2.60. The molecule has 4 rings (SSSR count). The third-order valence-corrected chi connectivity index (χ3v) is 6.21. The molecular weight excluding hydrogens is 322 g/mol. The molecule has 24 heavy (non-hydrogen) atoms. The van der Waals surface area contributed by atoms with Crippen LogP contribution in [0.2, 0.25) is 0 Å². The van der Waals surface area contributed by atoms with E-state index in [1.807, 2.05) is 21.9 Å². The largest absolute Gasteiger partial charge is 0.343 e. The average Bonchev–Trinajstić information content (AvgIpc) is 3.33. The van der Waals surface area contributed by atoms with Crippen LogP contribution in [0.3, 0.4) is 0 Å². The molecule has 3 heterocycles. The quantitative estimate of drug-likeness (QED) is 0.904. The number of rotatable bonds is 4. The van der Waals surface area contributed by atoms with E-state index in [0.29, 0.717) is 12.3 Å². The zero-order valence-electron chi connectivity index (χ0n) is 13.7. The normalized spacial score (nSPS) is 26.2. The lowest BCUT2D eigenvalue weighted by molar-refractivity contribution is -0.127. The molecule has 0 spiro atoms. The van der Waals surface area contributed by atoms with Crippen molar-refractivity contribution in [3.63, 3.8) is 0 Å². The summed E-state index contributed by atoms with van der Waals surface area (Å²) in [6.45, 7) is 2.43. The van der Waals surface area contributed by atoms with E-state index < -0.39 is 0 Å². The van der Waals surface area contributed by atoms with Gasteiger partial charge in [-0.3, -0.25) is 14.9 Å². The monoisotopic (exact) mass is 345 g/mol. The van der Waals surface area contributed by atoms with E-state index in [2.05, 4.69) is 17.4 Å². The van der Waals surface area contributed by atoms with Crippen molar-refractivity contribution >= 4 is 29.3 Å². The third kappa shape index (κ3) is 2.93. The molecule has 0 aliphatic carbocycles. The first kappa shape index (κ1) is 16.0. The Labute approximate surface area is 146 Å². The lowest BCUT2D eigenvalue weighted by atomic mass is 9.98. The third-order valence-electron chi connectivity index (χ3n) is 5.27. The number of anilines is 1. The minimum Gasteiger partial charge on any atom is -0.343 e. The number of benzene rings is 1. The predicted octanol–water partition coefficient (Wildman–Crippen LogP) is 1.79. The highest BCUT2D eigenvalue weighted by atomic mass is 32.2. The van der Waals surface area contributed by atoms with Gasteiger partial charge in [-0.2, -0.15) is 0 Å². The first-order valence-corrected chi connectivity index (χ1v) is 9.89. The fourth-order valence-electron chi connectivity index (χ4n) is 3.95. The highest BCUT2D eigenvalue weighted by Gasteiger charge is 2.36. The Balaban J connectivity index is 1.48. The van der Waals surface area contributed by atoms with Crippen LogP contribution in [-0.4, -0.2) is 54.0 Å². The van der Waals surface area contributed by atoms with Crippen LogP contribution in [0.25, 0.3) is 0 Å². The zero-order chi connectivity index (χ0) is 16.5. The van der Waals surface area contributed by atoms with Crippen LogP contribution < -0.4 is 10.2 Å². The molecule has 5 nitrogen and oxygen atoms in total. The van der Waals surface area contributed by atoms with Gasteiger partial charge < -0.3 is 9.80 Å². The number of likely N-dealkylation sites (tertiary alicyclic amines) is 1. The van der Waals surface area contributed by atoms with Gasteiger partial charge in [0.15, 0.2) is 0 Å². The Morgan fingerprint density at radius 3 is 2.96 bits per heavy atom. The number of nitrogens with one attached hydrogen (secondary N) is 1. The highest BCUT2D eigenvalue weighted by molar-refractivity contribution is 7.99. The lowest BCUT2D eigenvalue weighted by Gasteiger charge is -2.22. The number of thioether (sulfide) groups is 1. The van der Waals surface area contributed by atoms with Gasteiger partial charge in [0.1, 0.15) is 0 Å². The standard InChI is InChI=1S/C18H23N3O2S/c22-17-6-3-8-20(17)9-7-13-10-21(16-5-2-1-4-14(13)16)18(23)15-11-24-12-19-15/h1-2,4-5,13,15,19H,3,6-12H2/t13-,15+/m0/s1. The van der Waals surface area contributed by atoms with E-state index in [0.717, 1.165) is 49.8 Å². The SMILES string of the molecule is O=C1CCCN1CC[C@H]1CN(C(=O)[C@H]2CSCN2)c2ccccc21. The minimum absolute atomic E-state index is 0.0676. The Bertz CT molecular complexity index is 645. The van der Waals surface area contributed by atoms with Crippen LogP contribution in [0.4, 0.5) is 5.69 Å². The summed E-state index contributed by atoms with van der Waals surface area (Å²) >= 11 is 1.78. The number of fused-ring (bicyclic) bond motifs is 1. The van der Waals surface area contributed by atoms with Gasteiger partial charge in [0.2, 0.25) is 11.8 Å². The maximum atomic E-state index is 12.9. The van der Waals surface area contributed by atoms with Gasteiger partial charge in [0.25, 0.3) is 0 Å². The minimum atomic E-state index is -0.0676. The molecule has 0 radical (unpaired) electrons. The molecule has 1 aromatic rings. The van der Waals surface area contributed by atoms with Gasteiger partial charge in [-0.25, -0.2) is 0 Å². The second-order valence-corrected chi connectivity index (χ2v) is 7.78. The number of amides is 2. The van der Waals surface area contributed by atoms with Crippen LogP contribution in [0.5, 0.6) is 0 Å². The summed E-state index contributed by atoms with van der Waals surface area (Å²) in [6, 6.07) is 8.17. The number of nitrogens with zero attached hydrogens (tertiary/aromatic N) is 2. The number of hydrogen-bond acceptors (Lipinski definition) is 4. The maximum absolute atomic E-state index is 12.9. The van der Waals surface area contributed by atoms with Crippen molar-refractivity contribution in [2.75, 3.05) is 36.2 Å². The van der Waals surface area contributed by atoms with Crippen molar-refractivity contribution in [2.45, 2.75) is 31.2 Å². The van der Waals surface area contributed by atoms with Crippen LogP contribution >= 0.6 is 11.8 Å². The van der Waals surface area contributed by atoms with E-state index in [1.165, 1.54) is 5.56 Å². The van der Waals surface area contributed by atoms with Crippen LogP contribution in [-0.2, 0) is 9.59 Å². The van der Waals surface area contributed by atoms with Crippen molar-refractivity contribution in [1.29, 1.82) is 0 Å². The summed E-state index contributed by atoms with van der Waals surface area (Å²) in [7, 11) is 0. The fourth-order valence-corrected chi connectivity index (χ4v) is 4.88. The van der Waals surface area contributed by atoms with E-state index in [9.17, 15) is 9.59 Å². The smallest absolute Gasteiger partial charge is 0.245 e. The predicted molar refractivity (Wildman–Crippen MR) is 96.2 cm³/mol. The molecule has 2 atom stereocenters. The molecule has 3 aliphatic heterocycles. The molecule has 0 aromatic heterocycles. The van der Waals surface area contributed by atoms with Gasteiger partial charge >= 0.3 is 0 Å². The Kier molecular flexibility index (Phi) is 4.50. The summed E-state index contributed by atoms with van der Waals surface area (Å²) in [4.78, 5) is 28.6. The lowest BCUT2D eigenvalue weighted by Crippen LogP contribution is -2.44. The van der Waals surface area contributed by atoms with Crippen molar-refractivity contribution in [1.82, 2.24) is 10.2 Å². The van der Waals surface area contributed by atoms with E-state index >= 15 is 0 Å². The van der Waals surface area contributed by atoms with Crippen LogP contribution in [0, 0.1) is 0 Å². The van der Waals surface area contributed by atoms with Gasteiger partial charge in [0, 0.05) is 49.3 Å². The van der Waals surface area contributed by atoms with Crippen molar-refractivity contribution in [3.8, 4) is 0 Å². The summed E-state index contributed by atoms with van der Waals surface area (Å²) in [5.74, 6) is 2.50. The summed E-state index contributed by atoms with van der Waals surface area (Å²) < 4.78 is 0. The van der Waals surface area contributed by atoms with Crippen LogP contribution in [0.15, 0.2) is 24.3 Å². The highest BCUT2D eigenvalue weighted by Crippen LogP contribution is 2.38. The molecule has 1 aromatic carbocycles. The molecule has 2 amide bonds. The molecule has 2 saturated heterocycles. The first-order valence-electron chi connectivity index (χ1n) is 8.73. The molecule has 1 N–H and O–H groups in total. The van der Waals surface area contributed by atoms with E-state index in [1.54, 1.807) is 11.8 Å². The topological polar surface area (TPSA) is 52.7 Å². The van der Waals surface area contributed by atoms with Gasteiger partial charge in [-0.05, 0) is 24.5 Å². The summed E-state index contributed by atoms with van der Waals surface area (Å²) in [5.41, 5.74) is 2.31. The van der Waals surface area contributed by atoms with Crippen molar-refractivity contribution < 1.29 is 9.59 Å². The van der Waals surface area contributed by atoms with Gasteiger partial charge in [-0.1, -0.05) is 18.2 Å². The van der Waals surface area contributed by atoms with Gasteiger partial charge in [-0.15, -0.1) is 11.8 Å². The molecule has 128 valence electrons. The maximum Gasteiger partial charge on any atom is 0.245 e. The van der Waals surface area contributed by atoms with Crippen molar-refractivity contribution in [2.24, 2.45) is 0 Å². The Hall–Kier alpha value is -1.53. The van der Waals surface area contributed by atoms with E-state index in [4.69, 9.17) is 0 Å². The molecule has 6 heteroatoms. The van der Waals surface area contributed by atoms with E-state index in [-0.39, 0.29) is 17.9 Å². The molecular formula is C18H23N3O2S. The zero-order valence-corrected chi connectivity index (χ0v) is 14.6. The number of carbonyl (C=O) groups excluding carboxylic acids is 2. The number of carbonyl (C=O) groups is 2. The average molecular weight is 345 g/mol. The molecule has 0 saturated carbocycles. The second-order valence-electron chi connectivity index (χ2n) is 6.75. The Morgan fingerprint density at radius 2 is 2.21 bits per heavy atom. The number of hydrogen-bond donors (Lipinski definition) is 1. The molecule has 3 aliphatic rings. The number of para-hydroxylation sites is 1. The Morgan fingerprint density at radius 1 is 1.33 bits per heavy atom.